The number of cyclic esters (lactones) is 1. The largest absolute Gasteiger partial charge is 0.481 e. The number of benzene rings is 1. The summed E-state index contributed by atoms with van der Waals surface area (Å²) < 4.78 is 12.1. The number of piperazine rings is 1. The predicted molar refractivity (Wildman–Crippen MR) is 132 cm³/mol. The number of fused-ring (bicyclic) bond motifs is 2. The van der Waals surface area contributed by atoms with Crippen molar-refractivity contribution < 1.29 is 14.3 Å². The molecule has 1 amide bonds. The molecule has 1 atom stereocenters. The molecule has 0 unspecified atom stereocenters. The molecule has 2 saturated heterocycles. The van der Waals surface area contributed by atoms with E-state index in [9.17, 15) is 4.79 Å². The summed E-state index contributed by atoms with van der Waals surface area (Å²) in [6.07, 6.45) is 1.40. The molecule has 0 spiro atoms. The van der Waals surface area contributed by atoms with Gasteiger partial charge in [0.05, 0.1) is 40.6 Å². The van der Waals surface area contributed by atoms with E-state index in [1.807, 2.05) is 48.1 Å². The number of anilines is 2. The number of thiazole rings is 1. The number of ether oxygens (including phenoxy) is 2. The van der Waals surface area contributed by atoms with Crippen LogP contribution >= 0.6 is 11.3 Å². The Morgan fingerprint density at radius 3 is 2.79 bits per heavy atom. The predicted octanol–water partition coefficient (Wildman–Crippen LogP) is 3.40. The van der Waals surface area contributed by atoms with E-state index in [-0.39, 0.29) is 12.2 Å². The molecule has 1 aromatic carbocycles. The number of methoxy groups -OCH3 is 1. The Hall–Kier alpha value is -3.50. The molecule has 3 aromatic heterocycles. The molecule has 10 heteroatoms. The second-order valence-electron chi connectivity index (χ2n) is 8.46. The fourth-order valence-electron chi connectivity index (χ4n) is 4.66. The molecule has 0 aliphatic carbocycles. The standard InChI is InChI=1S/C24H24N6O3S/c1-32-22-5-4-19-23(27-22)20(6-7-25-19)29-10-8-28(9-11-29)13-17-14-30(24(31)33-17)16-2-3-18-21(12-16)34-15-26-18/h2-7,12,15,17H,8-11,13-14H2,1H3/t17-/m1/s1. The van der Waals surface area contributed by atoms with Crippen molar-refractivity contribution >= 4 is 50.1 Å². The number of aromatic nitrogens is 3. The summed E-state index contributed by atoms with van der Waals surface area (Å²) in [6.45, 7) is 4.78. The van der Waals surface area contributed by atoms with Crippen LogP contribution in [0.3, 0.4) is 0 Å². The zero-order chi connectivity index (χ0) is 23.1. The second-order valence-corrected chi connectivity index (χ2v) is 9.35. The van der Waals surface area contributed by atoms with Crippen LogP contribution in [0.25, 0.3) is 21.3 Å². The first-order chi connectivity index (χ1) is 16.7. The number of hydrogen-bond acceptors (Lipinski definition) is 9. The molecular formula is C24H24N6O3S. The Morgan fingerprint density at radius 2 is 1.94 bits per heavy atom. The smallest absolute Gasteiger partial charge is 0.414 e. The summed E-state index contributed by atoms with van der Waals surface area (Å²) in [5, 5.41) is 0. The molecule has 0 N–H and O–H groups in total. The lowest BCUT2D eigenvalue weighted by molar-refractivity contribution is 0.106. The van der Waals surface area contributed by atoms with E-state index in [0.717, 1.165) is 65.3 Å². The van der Waals surface area contributed by atoms with Gasteiger partial charge in [-0.3, -0.25) is 14.8 Å². The Morgan fingerprint density at radius 1 is 1.09 bits per heavy atom. The van der Waals surface area contributed by atoms with Crippen LogP contribution in [0.2, 0.25) is 0 Å². The second kappa shape index (κ2) is 8.69. The Kier molecular flexibility index (Phi) is 5.39. The van der Waals surface area contributed by atoms with Crippen LogP contribution < -0.4 is 14.5 Å². The molecule has 4 aromatic rings. The van der Waals surface area contributed by atoms with Gasteiger partial charge in [0.1, 0.15) is 11.6 Å². The zero-order valence-electron chi connectivity index (χ0n) is 18.8. The number of hydrogen-bond donors (Lipinski definition) is 0. The maximum atomic E-state index is 12.6. The lowest BCUT2D eigenvalue weighted by Crippen LogP contribution is -2.49. The van der Waals surface area contributed by atoms with E-state index in [1.54, 1.807) is 23.3 Å². The van der Waals surface area contributed by atoms with Crippen molar-refractivity contribution in [2.45, 2.75) is 6.10 Å². The van der Waals surface area contributed by atoms with Crippen molar-refractivity contribution in [2.24, 2.45) is 0 Å². The lowest BCUT2D eigenvalue weighted by atomic mass is 10.2. The number of pyridine rings is 2. The van der Waals surface area contributed by atoms with Crippen LogP contribution in [-0.4, -0.2) is 78.4 Å². The number of amides is 1. The van der Waals surface area contributed by atoms with E-state index >= 15 is 0 Å². The molecule has 2 aliphatic heterocycles. The minimum Gasteiger partial charge on any atom is -0.481 e. The summed E-state index contributed by atoms with van der Waals surface area (Å²) in [5.74, 6) is 0.586. The Labute approximate surface area is 200 Å². The monoisotopic (exact) mass is 476 g/mol. The molecule has 0 saturated carbocycles. The first-order valence-corrected chi connectivity index (χ1v) is 12.1. The van der Waals surface area contributed by atoms with Crippen LogP contribution in [-0.2, 0) is 4.74 Å². The quantitative estimate of drug-likeness (QED) is 0.433. The van der Waals surface area contributed by atoms with Gasteiger partial charge in [-0.1, -0.05) is 0 Å². The van der Waals surface area contributed by atoms with E-state index < -0.39 is 0 Å². The molecule has 5 heterocycles. The SMILES string of the molecule is COc1ccc2nccc(N3CCN(C[C@@H]4CN(c5ccc6ncsc6c5)C(=O)O4)CC3)c2n1. The first kappa shape index (κ1) is 21.1. The highest BCUT2D eigenvalue weighted by Crippen LogP contribution is 2.29. The average Bonchev–Trinajstić information content (AvgIpc) is 3.49. The number of carbonyl (C=O) groups excluding carboxylic acids is 1. The van der Waals surface area contributed by atoms with Gasteiger partial charge in [0.15, 0.2) is 0 Å². The Bertz CT molecular complexity index is 1350. The zero-order valence-corrected chi connectivity index (χ0v) is 19.6. The maximum Gasteiger partial charge on any atom is 0.414 e. The van der Waals surface area contributed by atoms with Gasteiger partial charge in [-0.25, -0.2) is 14.8 Å². The van der Waals surface area contributed by atoms with Gasteiger partial charge >= 0.3 is 6.09 Å². The summed E-state index contributed by atoms with van der Waals surface area (Å²) in [6, 6.07) is 11.7. The minimum absolute atomic E-state index is 0.149. The van der Waals surface area contributed by atoms with Crippen molar-refractivity contribution in [1.82, 2.24) is 19.9 Å². The fourth-order valence-corrected chi connectivity index (χ4v) is 5.37. The molecule has 6 rings (SSSR count). The number of nitrogens with zero attached hydrogens (tertiary/aromatic N) is 6. The summed E-state index contributed by atoms with van der Waals surface area (Å²) in [5.41, 5.74) is 6.41. The van der Waals surface area contributed by atoms with E-state index in [0.29, 0.717) is 12.4 Å². The Balaban J connectivity index is 1.10. The third-order valence-corrected chi connectivity index (χ3v) is 7.21. The number of rotatable bonds is 5. The van der Waals surface area contributed by atoms with Gasteiger partial charge in [-0.05, 0) is 30.3 Å². The molecule has 174 valence electrons. The summed E-state index contributed by atoms with van der Waals surface area (Å²) >= 11 is 1.57. The van der Waals surface area contributed by atoms with Crippen molar-refractivity contribution in [1.29, 1.82) is 0 Å². The van der Waals surface area contributed by atoms with Gasteiger partial charge < -0.3 is 14.4 Å². The van der Waals surface area contributed by atoms with Crippen molar-refractivity contribution in [3.05, 3.63) is 48.1 Å². The molecule has 9 nitrogen and oxygen atoms in total. The first-order valence-electron chi connectivity index (χ1n) is 11.3. The molecule has 0 bridgehead atoms. The van der Waals surface area contributed by atoms with Crippen LogP contribution in [0.5, 0.6) is 5.88 Å². The van der Waals surface area contributed by atoms with Crippen LogP contribution in [0, 0.1) is 0 Å². The normalized spacial score (nSPS) is 19.2. The van der Waals surface area contributed by atoms with Crippen LogP contribution in [0.4, 0.5) is 16.2 Å². The van der Waals surface area contributed by atoms with Gasteiger partial charge in [-0.15, -0.1) is 11.3 Å². The van der Waals surface area contributed by atoms with Crippen molar-refractivity contribution in [3.63, 3.8) is 0 Å². The van der Waals surface area contributed by atoms with Crippen molar-refractivity contribution in [3.8, 4) is 5.88 Å². The van der Waals surface area contributed by atoms with Crippen LogP contribution in [0.1, 0.15) is 0 Å². The highest BCUT2D eigenvalue weighted by Gasteiger charge is 2.34. The highest BCUT2D eigenvalue weighted by molar-refractivity contribution is 7.16. The van der Waals surface area contributed by atoms with Crippen molar-refractivity contribution in [2.75, 3.05) is 56.2 Å². The van der Waals surface area contributed by atoms with Gasteiger partial charge in [-0.2, -0.15) is 0 Å². The van der Waals surface area contributed by atoms with E-state index in [4.69, 9.17) is 9.47 Å². The topological polar surface area (TPSA) is 83.9 Å². The van der Waals surface area contributed by atoms with Gasteiger partial charge in [0.25, 0.3) is 0 Å². The molecule has 34 heavy (non-hydrogen) atoms. The molecule has 0 radical (unpaired) electrons. The third-order valence-electron chi connectivity index (χ3n) is 6.42. The molecule has 2 fully saturated rings. The van der Waals surface area contributed by atoms with E-state index in [2.05, 4.69) is 24.8 Å². The van der Waals surface area contributed by atoms with Crippen LogP contribution in [0.15, 0.2) is 48.1 Å². The minimum atomic E-state index is -0.282. The maximum absolute atomic E-state index is 12.6. The summed E-state index contributed by atoms with van der Waals surface area (Å²) in [7, 11) is 1.62. The lowest BCUT2D eigenvalue weighted by Gasteiger charge is -2.36. The average molecular weight is 477 g/mol. The van der Waals surface area contributed by atoms with Gasteiger partial charge in [0.2, 0.25) is 5.88 Å². The molecular weight excluding hydrogens is 452 g/mol. The highest BCUT2D eigenvalue weighted by atomic mass is 32.1. The summed E-state index contributed by atoms with van der Waals surface area (Å²) in [4.78, 5) is 32.4. The van der Waals surface area contributed by atoms with E-state index in [1.165, 1.54) is 0 Å². The molecule has 2 aliphatic rings. The number of carbonyl (C=O) groups is 1. The third kappa shape index (κ3) is 3.88. The fraction of sp³-hybridized carbons (Fsp3) is 0.333. The van der Waals surface area contributed by atoms with Gasteiger partial charge in [0, 0.05) is 50.7 Å².